The van der Waals surface area contributed by atoms with Crippen LogP contribution in [-0.2, 0) is 4.79 Å². The number of hydrogen-bond acceptors (Lipinski definition) is 3. The van der Waals surface area contributed by atoms with E-state index in [-0.39, 0.29) is 17.2 Å². The number of thiophene rings is 1. The van der Waals surface area contributed by atoms with Crippen LogP contribution in [0, 0.1) is 5.82 Å². The van der Waals surface area contributed by atoms with E-state index in [2.05, 4.69) is 5.32 Å². The zero-order chi connectivity index (χ0) is 18.3. The number of benzene rings is 2. The molecular weight excluding hydrogens is 353 g/mol. The summed E-state index contributed by atoms with van der Waals surface area (Å²) in [6, 6.07) is 15.4. The molecule has 0 spiro atoms. The summed E-state index contributed by atoms with van der Waals surface area (Å²) < 4.78 is 14.3. The monoisotopic (exact) mass is 367 g/mol. The lowest BCUT2D eigenvalue weighted by Crippen LogP contribution is -2.23. The van der Waals surface area contributed by atoms with Gasteiger partial charge in [-0.2, -0.15) is 0 Å². The van der Waals surface area contributed by atoms with Crippen molar-refractivity contribution in [2.45, 2.75) is 12.3 Å². The van der Waals surface area contributed by atoms with Crippen molar-refractivity contribution in [3.63, 3.8) is 0 Å². The quantitative estimate of drug-likeness (QED) is 0.703. The molecule has 1 aromatic heterocycles. The van der Waals surface area contributed by atoms with E-state index in [1.807, 2.05) is 18.2 Å². The number of aromatic carboxylic acids is 1. The van der Waals surface area contributed by atoms with Crippen molar-refractivity contribution >= 4 is 28.9 Å². The molecule has 0 saturated carbocycles. The van der Waals surface area contributed by atoms with E-state index in [0.717, 1.165) is 11.3 Å². The number of anilines is 1. The SMILES string of the molecule is O=C1C[C@H](c2ccccc2F)c2sc(C(=O)O)c(-c3ccccc3)c2N1. The second kappa shape index (κ2) is 6.38. The average molecular weight is 367 g/mol. The van der Waals surface area contributed by atoms with Crippen LogP contribution in [0.15, 0.2) is 54.6 Å². The maximum absolute atomic E-state index is 14.3. The lowest BCUT2D eigenvalue weighted by Gasteiger charge is -2.24. The minimum absolute atomic E-state index is 0.0851. The molecule has 3 aromatic rings. The van der Waals surface area contributed by atoms with Crippen LogP contribution in [0.4, 0.5) is 10.1 Å². The van der Waals surface area contributed by atoms with Gasteiger partial charge < -0.3 is 10.4 Å². The number of rotatable bonds is 3. The Morgan fingerprint density at radius 3 is 2.50 bits per heavy atom. The van der Waals surface area contributed by atoms with E-state index in [0.29, 0.717) is 27.3 Å². The Bertz CT molecular complexity index is 1010. The van der Waals surface area contributed by atoms with Crippen molar-refractivity contribution < 1.29 is 19.1 Å². The average Bonchev–Trinajstić information content (AvgIpc) is 3.02. The first-order valence-electron chi connectivity index (χ1n) is 8.06. The first-order chi connectivity index (χ1) is 12.6. The fourth-order valence-corrected chi connectivity index (χ4v) is 4.56. The van der Waals surface area contributed by atoms with Crippen LogP contribution in [0.2, 0.25) is 0 Å². The lowest BCUT2D eigenvalue weighted by atomic mass is 9.88. The minimum Gasteiger partial charge on any atom is -0.477 e. The molecule has 2 aromatic carbocycles. The van der Waals surface area contributed by atoms with Gasteiger partial charge in [-0.1, -0.05) is 48.5 Å². The predicted octanol–water partition coefficient (Wildman–Crippen LogP) is 4.73. The Morgan fingerprint density at radius 2 is 1.81 bits per heavy atom. The van der Waals surface area contributed by atoms with Crippen LogP contribution in [-0.4, -0.2) is 17.0 Å². The summed E-state index contributed by atoms with van der Waals surface area (Å²) in [6.07, 6.45) is 0.0851. The molecule has 0 fully saturated rings. The third-order valence-corrected chi connectivity index (χ3v) is 5.73. The number of amides is 1. The van der Waals surface area contributed by atoms with Gasteiger partial charge in [0.1, 0.15) is 10.7 Å². The zero-order valence-corrected chi connectivity index (χ0v) is 14.3. The van der Waals surface area contributed by atoms with Gasteiger partial charge in [-0.3, -0.25) is 4.79 Å². The van der Waals surface area contributed by atoms with Crippen molar-refractivity contribution in [3.8, 4) is 11.1 Å². The largest absolute Gasteiger partial charge is 0.477 e. The molecule has 4 rings (SSSR count). The van der Waals surface area contributed by atoms with Gasteiger partial charge in [-0.25, -0.2) is 9.18 Å². The summed E-state index contributed by atoms with van der Waals surface area (Å²) in [7, 11) is 0. The minimum atomic E-state index is -1.07. The Morgan fingerprint density at radius 1 is 1.12 bits per heavy atom. The van der Waals surface area contributed by atoms with Crippen LogP contribution in [0.25, 0.3) is 11.1 Å². The van der Waals surface area contributed by atoms with E-state index in [9.17, 15) is 19.1 Å². The van der Waals surface area contributed by atoms with Gasteiger partial charge in [0, 0.05) is 22.8 Å². The second-order valence-corrected chi connectivity index (χ2v) is 7.10. The van der Waals surface area contributed by atoms with Gasteiger partial charge >= 0.3 is 5.97 Å². The molecule has 4 nitrogen and oxygen atoms in total. The molecule has 0 bridgehead atoms. The molecule has 0 aliphatic carbocycles. The highest BCUT2D eigenvalue weighted by molar-refractivity contribution is 7.15. The molecule has 26 heavy (non-hydrogen) atoms. The summed E-state index contributed by atoms with van der Waals surface area (Å²) in [5, 5.41) is 12.5. The first kappa shape index (κ1) is 16.5. The Kier molecular flexibility index (Phi) is 4.05. The van der Waals surface area contributed by atoms with E-state index < -0.39 is 17.7 Å². The van der Waals surface area contributed by atoms with Crippen LogP contribution >= 0.6 is 11.3 Å². The topological polar surface area (TPSA) is 66.4 Å². The molecule has 0 unspecified atom stereocenters. The van der Waals surface area contributed by atoms with Gasteiger partial charge in [0.2, 0.25) is 5.91 Å². The summed E-state index contributed by atoms with van der Waals surface area (Å²) in [5.74, 6) is -2.22. The maximum Gasteiger partial charge on any atom is 0.346 e. The van der Waals surface area contributed by atoms with Crippen molar-refractivity contribution in [1.29, 1.82) is 0 Å². The van der Waals surface area contributed by atoms with Crippen molar-refractivity contribution in [2.75, 3.05) is 5.32 Å². The highest BCUT2D eigenvalue weighted by Crippen LogP contribution is 2.49. The van der Waals surface area contributed by atoms with Crippen LogP contribution < -0.4 is 5.32 Å². The summed E-state index contributed by atoms with van der Waals surface area (Å²) in [6.45, 7) is 0. The van der Waals surface area contributed by atoms with Crippen LogP contribution in [0.1, 0.15) is 32.5 Å². The maximum atomic E-state index is 14.3. The zero-order valence-electron chi connectivity index (χ0n) is 13.5. The highest BCUT2D eigenvalue weighted by atomic mass is 32.1. The van der Waals surface area contributed by atoms with E-state index in [4.69, 9.17) is 0 Å². The standard InChI is InChI=1S/C20H14FNO3S/c21-14-9-5-4-8-12(14)13-10-15(23)22-17-16(11-6-2-1-3-7-11)19(20(24)25)26-18(13)17/h1-9,13H,10H2,(H,22,23)(H,24,25)/t13-/m1/s1. The van der Waals surface area contributed by atoms with Gasteiger partial charge in [0.15, 0.2) is 0 Å². The fourth-order valence-electron chi connectivity index (χ4n) is 3.33. The molecule has 2 heterocycles. The molecule has 0 saturated heterocycles. The molecule has 1 atom stereocenters. The number of hydrogen-bond donors (Lipinski definition) is 2. The smallest absolute Gasteiger partial charge is 0.346 e. The highest BCUT2D eigenvalue weighted by Gasteiger charge is 2.35. The molecule has 1 aliphatic rings. The number of fused-ring (bicyclic) bond motifs is 1. The third kappa shape index (κ3) is 2.68. The van der Waals surface area contributed by atoms with E-state index in [1.165, 1.54) is 6.07 Å². The number of carboxylic acids is 1. The van der Waals surface area contributed by atoms with Crippen molar-refractivity contribution in [1.82, 2.24) is 0 Å². The lowest BCUT2D eigenvalue weighted by molar-refractivity contribution is -0.116. The van der Waals surface area contributed by atoms with Gasteiger partial charge in [0.25, 0.3) is 0 Å². The summed E-state index contributed by atoms with van der Waals surface area (Å²) in [5.41, 5.74) is 2.06. The molecule has 1 amide bonds. The van der Waals surface area contributed by atoms with Crippen LogP contribution in [0.3, 0.4) is 0 Å². The molecule has 1 aliphatic heterocycles. The predicted molar refractivity (Wildman–Crippen MR) is 98.2 cm³/mol. The number of halogens is 1. The van der Waals surface area contributed by atoms with Gasteiger partial charge in [0.05, 0.1) is 5.69 Å². The second-order valence-electron chi connectivity index (χ2n) is 6.04. The molecular formula is C20H14FNO3S. The molecule has 130 valence electrons. The van der Waals surface area contributed by atoms with Crippen LogP contribution in [0.5, 0.6) is 0 Å². The third-order valence-electron chi connectivity index (χ3n) is 4.44. The molecule has 6 heteroatoms. The molecule has 2 N–H and O–H groups in total. The number of carbonyl (C=O) groups is 2. The van der Waals surface area contributed by atoms with Crippen molar-refractivity contribution in [3.05, 3.63) is 75.7 Å². The van der Waals surface area contributed by atoms with E-state index >= 15 is 0 Å². The number of nitrogens with one attached hydrogen (secondary N) is 1. The molecule has 0 radical (unpaired) electrons. The summed E-state index contributed by atoms with van der Waals surface area (Å²) in [4.78, 5) is 25.0. The van der Waals surface area contributed by atoms with Gasteiger partial charge in [-0.05, 0) is 17.2 Å². The fraction of sp³-hybridized carbons (Fsp3) is 0.100. The Hall–Kier alpha value is -2.99. The summed E-state index contributed by atoms with van der Waals surface area (Å²) >= 11 is 1.10. The first-order valence-corrected chi connectivity index (χ1v) is 8.87. The van der Waals surface area contributed by atoms with E-state index in [1.54, 1.807) is 30.3 Å². The number of carbonyl (C=O) groups excluding carboxylic acids is 1. The van der Waals surface area contributed by atoms with Crippen molar-refractivity contribution in [2.24, 2.45) is 0 Å². The Balaban J connectivity index is 1.97. The Labute approximate surface area is 152 Å². The number of carboxylic acid groups (broad SMARTS) is 1. The normalized spacial score (nSPS) is 16.0. The van der Waals surface area contributed by atoms with Gasteiger partial charge in [-0.15, -0.1) is 11.3 Å².